The molecule has 3 aromatic heterocycles. The second-order valence-corrected chi connectivity index (χ2v) is 13.9. The zero-order valence-electron chi connectivity index (χ0n) is 29.3. The quantitative estimate of drug-likeness (QED) is 0.180. The minimum atomic E-state index is 0.709. The topological polar surface area (TPSA) is 35.6 Å². The molecule has 0 N–H and O–H groups in total. The van der Waals surface area contributed by atoms with Crippen LogP contribution < -0.4 is 0 Å². The van der Waals surface area contributed by atoms with Crippen molar-refractivity contribution in [2.24, 2.45) is 0 Å². The third-order valence-electron chi connectivity index (χ3n) is 10.7. The van der Waals surface area contributed by atoms with Crippen LogP contribution in [0, 0.1) is 0 Å². The van der Waals surface area contributed by atoms with Crippen LogP contribution in [0.15, 0.2) is 194 Å². The molecule has 3 heterocycles. The van der Waals surface area contributed by atoms with E-state index in [2.05, 4.69) is 203 Å². The highest BCUT2D eigenvalue weighted by molar-refractivity contribution is 6.14. The molecule has 11 aromatic rings. The Bertz CT molecular complexity index is 3190. The van der Waals surface area contributed by atoms with Crippen LogP contribution in [0.2, 0.25) is 0 Å². The summed E-state index contributed by atoms with van der Waals surface area (Å²) >= 11 is 0. The molecule has 54 heavy (non-hydrogen) atoms. The van der Waals surface area contributed by atoms with E-state index in [9.17, 15) is 0 Å². The molecule has 4 heteroatoms. The second kappa shape index (κ2) is 12.1. The third kappa shape index (κ3) is 4.85. The van der Waals surface area contributed by atoms with Crippen molar-refractivity contribution < 1.29 is 0 Å². The average molecular weight is 689 g/mol. The fraction of sp³-hybridized carbons (Fsp3) is 0. The van der Waals surface area contributed by atoms with Crippen molar-refractivity contribution in [3.8, 4) is 45.1 Å². The maximum absolute atomic E-state index is 5.31. The lowest BCUT2D eigenvalue weighted by Gasteiger charge is -2.12. The fourth-order valence-electron chi connectivity index (χ4n) is 8.17. The van der Waals surface area contributed by atoms with Crippen molar-refractivity contribution in [1.29, 1.82) is 0 Å². The zero-order valence-corrected chi connectivity index (χ0v) is 29.3. The molecule has 0 saturated heterocycles. The number of fused-ring (bicyclic) bond motifs is 6. The summed E-state index contributed by atoms with van der Waals surface area (Å²) in [6.07, 6.45) is 2.17. The molecule has 0 aliphatic heterocycles. The van der Waals surface area contributed by atoms with Crippen LogP contribution in [-0.4, -0.2) is 19.1 Å². The molecule has 0 unspecified atom stereocenters. The second-order valence-electron chi connectivity index (χ2n) is 13.9. The van der Waals surface area contributed by atoms with Crippen LogP contribution >= 0.6 is 0 Å². The van der Waals surface area contributed by atoms with Gasteiger partial charge in [-0.1, -0.05) is 121 Å². The molecule has 0 fully saturated rings. The Balaban J connectivity index is 1.08. The van der Waals surface area contributed by atoms with E-state index < -0.39 is 0 Å². The van der Waals surface area contributed by atoms with Crippen molar-refractivity contribution >= 4 is 54.4 Å². The molecule has 0 bridgehead atoms. The van der Waals surface area contributed by atoms with Crippen LogP contribution in [0.25, 0.3) is 99.5 Å². The van der Waals surface area contributed by atoms with Gasteiger partial charge in [0.15, 0.2) is 5.82 Å². The molecule has 0 aliphatic carbocycles. The summed E-state index contributed by atoms with van der Waals surface area (Å²) in [6.45, 7) is 0. The first-order chi connectivity index (χ1) is 26.8. The summed E-state index contributed by atoms with van der Waals surface area (Å²) in [5, 5.41) is 7.08. The number of hydrogen-bond donors (Lipinski definition) is 0. The Morgan fingerprint density at radius 1 is 0.370 bits per heavy atom. The van der Waals surface area contributed by atoms with Gasteiger partial charge in [-0.3, -0.25) is 0 Å². The molecule has 0 saturated carbocycles. The Morgan fingerprint density at radius 2 is 1.04 bits per heavy atom. The molecular weight excluding hydrogens is 657 g/mol. The first-order valence-corrected chi connectivity index (χ1v) is 18.3. The average Bonchev–Trinajstić information content (AvgIpc) is 3.81. The van der Waals surface area contributed by atoms with E-state index in [0.29, 0.717) is 5.82 Å². The highest BCUT2D eigenvalue weighted by atomic mass is 15.0. The Kier molecular flexibility index (Phi) is 6.82. The summed E-state index contributed by atoms with van der Waals surface area (Å²) in [5.74, 6) is 0.709. The summed E-state index contributed by atoms with van der Waals surface area (Å²) < 4.78 is 4.65. The SMILES string of the molecule is c1ccc(-n2ccc3cc4c5cc(-c6nc(-c7ccc(-c8cccc9ccccc89)cc7)c7ccccc7n6)ccc5n(-c5ccccc5)c4cc32)cc1. The monoisotopic (exact) mass is 688 g/mol. The number of aromatic nitrogens is 4. The number of para-hydroxylation sites is 3. The highest BCUT2D eigenvalue weighted by Gasteiger charge is 2.18. The van der Waals surface area contributed by atoms with E-state index in [-0.39, 0.29) is 0 Å². The molecule has 0 radical (unpaired) electrons. The van der Waals surface area contributed by atoms with E-state index in [1.165, 1.54) is 43.6 Å². The van der Waals surface area contributed by atoms with Crippen molar-refractivity contribution in [2.75, 3.05) is 0 Å². The van der Waals surface area contributed by atoms with Crippen molar-refractivity contribution in [1.82, 2.24) is 19.1 Å². The van der Waals surface area contributed by atoms with Gasteiger partial charge in [-0.2, -0.15) is 0 Å². The predicted octanol–water partition coefficient (Wildman–Crippen LogP) is 12.8. The number of rotatable bonds is 5. The lowest BCUT2D eigenvalue weighted by molar-refractivity contribution is 1.12. The molecule has 8 aromatic carbocycles. The van der Waals surface area contributed by atoms with Gasteiger partial charge in [-0.25, -0.2) is 9.97 Å². The van der Waals surface area contributed by atoms with Crippen LogP contribution in [0.3, 0.4) is 0 Å². The number of benzene rings is 8. The normalized spacial score (nSPS) is 11.7. The maximum atomic E-state index is 5.31. The van der Waals surface area contributed by atoms with Gasteiger partial charge in [0.25, 0.3) is 0 Å². The van der Waals surface area contributed by atoms with Gasteiger partial charge in [0.05, 0.1) is 27.8 Å². The van der Waals surface area contributed by atoms with E-state index in [1.807, 2.05) is 0 Å². The Hall–Kier alpha value is -7.30. The lowest BCUT2D eigenvalue weighted by atomic mass is 9.96. The van der Waals surface area contributed by atoms with Crippen LogP contribution in [0.5, 0.6) is 0 Å². The first kappa shape index (κ1) is 30.3. The zero-order chi connectivity index (χ0) is 35.6. The number of hydrogen-bond acceptors (Lipinski definition) is 2. The third-order valence-corrected chi connectivity index (χ3v) is 10.7. The van der Waals surface area contributed by atoms with Gasteiger partial charge in [0.1, 0.15) is 0 Å². The molecule has 252 valence electrons. The molecule has 0 amide bonds. The molecule has 0 aliphatic rings. The summed E-state index contributed by atoms with van der Waals surface area (Å²) in [5.41, 5.74) is 12.0. The van der Waals surface area contributed by atoms with Crippen LogP contribution in [0.4, 0.5) is 0 Å². The summed E-state index contributed by atoms with van der Waals surface area (Å²) in [4.78, 5) is 10.5. The van der Waals surface area contributed by atoms with E-state index in [0.717, 1.165) is 50.1 Å². The fourth-order valence-corrected chi connectivity index (χ4v) is 8.17. The van der Waals surface area contributed by atoms with Crippen molar-refractivity contribution in [3.63, 3.8) is 0 Å². The molecule has 11 rings (SSSR count). The minimum absolute atomic E-state index is 0.709. The van der Waals surface area contributed by atoms with E-state index in [1.54, 1.807) is 0 Å². The van der Waals surface area contributed by atoms with Gasteiger partial charge >= 0.3 is 0 Å². The Morgan fingerprint density at radius 3 is 1.87 bits per heavy atom. The smallest absolute Gasteiger partial charge is 0.160 e. The standard InChI is InChI=1S/C50H32N4/c1-3-14-38(15-4-1)53-29-28-36-30-44-43-31-37(26-27-46(43)54(48(44)32-47(36)53)39-16-5-2-6-17-39)50-51-45-21-10-9-19-42(45)49(52-50)35-24-22-34(23-25-35)41-20-11-13-33-12-7-8-18-40(33)41/h1-32H. The molecular formula is C50H32N4. The molecule has 0 spiro atoms. The van der Waals surface area contributed by atoms with Gasteiger partial charge < -0.3 is 9.13 Å². The first-order valence-electron chi connectivity index (χ1n) is 18.3. The van der Waals surface area contributed by atoms with Gasteiger partial charge in [-0.15, -0.1) is 0 Å². The Labute approximate surface area is 311 Å². The van der Waals surface area contributed by atoms with Gasteiger partial charge in [0.2, 0.25) is 0 Å². The minimum Gasteiger partial charge on any atom is -0.316 e. The highest BCUT2D eigenvalue weighted by Crippen LogP contribution is 2.39. The van der Waals surface area contributed by atoms with Crippen LogP contribution in [0.1, 0.15) is 0 Å². The van der Waals surface area contributed by atoms with Crippen LogP contribution in [-0.2, 0) is 0 Å². The van der Waals surface area contributed by atoms with Gasteiger partial charge in [0, 0.05) is 50.2 Å². The maximum Gasteiger partial charge on any atom is 0.160 e. The van der Waals surface area contributed by atoms with Crippen molar-refractivity contribution in [3.05, 3.63) is 194 Å². The summed E-state index contributed by atoms with van der Waals surface area (Å²) in [7, 11) is 0. The van der Waals surface area contributed by atoms with Crippen molar-refractivity contribution in [2.45, 2.75) is 0 Å². The lowest BCUT2D eigenvalue weighted by Crippen LogP contribution is -1.96. The van der Waals surface area contributed by atoms with E-state index in [4.69, 9.17) is 9.97 Å². The number of nitrogens with zero attached hydrogens (tertiary/aromatic N) is 4. The molecule has 4 nitrogen and oxygen atoms in total. The largest absolute Gasteiger partial charge is 0.316 e. The summed E-state index contributed by atoms with van der Waals surface area (Å²) in [6, 6.07) is 66.9. The van der Waals surface area contributed by atoms with Gasteiger partial charge in [-0.05, 0) is 88.6 Å². The predicted molar refractivity (Wildman–Crippen MR) is 225 cm³/mol. The van der Waals surface area contributed by atoms with E-state index >= 15 is 0 Å². The molecule has 0 atom stereocenters.